The summed E-state index contributed by atoms with van der Waals surface area (Å²) in [4.78, 5) is 27.8. The minimum Gasteiger partial charge on any atom is -0.503 e. The molecule has 1 N–H and O–H groups in total. The fourth-order valence-corrected chi connectivity index (χ4v) is 4.74. The summed E-state index contributed by atoms with van der Waals surface area (Å²) in [6, 6.07) is 7.47. The molecule has 1 atom stereocenters. The molecule has 1 aromatic carbocycles. The number of rotatable bonds is 4. The number of anilines is 1. The first-order chi connectivity index (χ1) is 14.3. The molecule has 2 aromatic heterocycles. The smallest absolute Gasteiger partial charge is 0.331 e. The lowest BCUT2D eigenvalue weighted by atomic mass is 9.96. The predicted octanol–water partition coefficient (Wildman–Crippen LogP) is 3.07. The van der Waals surface area contributed by atoms with Crippen LogP contribution in [0.4, 0.5) is 5.82 Å². The first kappa shape index (κ1) is 20.6. The van der Waals surface area contributed by atoms with E-state index in [4.69, 9.17) is 11.6 Å². The van der Waals surface area contributed by atoms with Crippen molar-refractivity contribution in [2.75, 3.05) is 18.0 Å². The summed E-state index contributed by atoms with van der Waals surface area (Å²) in [7, 11) is 3.04. The minimum atomic E-state index is -0.464. The van der Waals surface area contributed by atoms with Crippen molar-refractivity contribution in [3.05, 3.63) is 55.7 Å². The quantitative estimate of drug-likeness (QED) is 0.690. The molecule has 0 radical (unpaired) electrons. The summed E-state index contributed by atoms with van der Waals surface area (Å²) in [6.07, 6.45) is 3.23. The Bertz CT molecular complexity index is 1220. The highest BCUT2D eigenvalue weighted by Crippen LogP contribution is 2.39. The lowest BCUT2D eigenvalue weighted by Crippen LogP contribution is -2.38. The number of aromatic hydroxyl groups is 1. The Kier molecular flexibility index (Phi) is 5.40. The molecule has 1 fully saturated rings. The number of hydrogen-bond donors (Lipinski definition) is 1. The van der Waals surface area contributed by atoms with Gasteiger partial charge in [-0.25, -0.2) is 4.79 Å². The van der Waals surface area contributed by atoms with E-state index in [1.165, 1.54) is 11.6 Å². The molecule has 1 saturated heterocycles. The van der Waals surface area contributed by atoms with Crippen molar-refractivity contribution in [3.8, 4) is 5.75 Å². The number of piperidine rings is 1. The van der Waals surface area contributed by atoms with Gasteiger partial charge >= 0.3 is 5.69 Å². The monoisotopic (exact) mass is 430 g/mol. The molecule has 0 unspecified atom stereocenters. The highest BCUT2D eigenvalue weighted by Gasteiger charge is 2.30. The molecule has 8 heteroatoms. The average molecular weight is 431 g/mol. The molecule has 7 nitrogen and oxygen atoms in total. The van der Waals surface area contributed by atoms with Gasteiger partial charge in [0.2, 0.25) is 0 Å². The van der Waals surface area contributed by atoms with Crippen LogP contribution in [0.5, 0.6) is 5.75 Å². The second kappa shape index (κ2) is 7.87. The van der Waals surface area contributed by atoms with Crippen LogP contribution in [0.2, 0.25) is 5.02 Å². The van der Waals surface area contributed by atoms with E-state index in [0.717, 1.165) is 42.5 Å². The minimum absolute atomic E-state index is 0.0221. The van der Waals surface area contributed by atoms with Crippen LogP contribution in [0.15, 0.2) is 33.9 Å². The van der Waals surface area contributed by atoms with Crippen molar-refractivity contribution in [1.82, 2.24) is 13.7 Å². The van der Waals surface area contributed by atoms with E-state index < -0.39 is 11.2 Å². The topological polar surface area (TPSA) is 72.4 Å². The lowest BCUT2D eigenvalue weighted by molar-refractivity contribution is 0.395. The molecule has 160 valence electrons. The maximum absolute atomic E-state index is 13.1. The highest BCUT2D eigenvalue weighted by molar-refractivity contribution is 6.31. The SMILES string of the molecule is CC[C@@H]1CCCN(c2c(O)c3c(c(=O)n(C)c(=O)n3C)n2Cc2ccccc2Cl)C1. The number of fused-ring (bicyclic) bond motifs is 1. The standard InChI is InChI=1S/C22H27ClN4O3/c1-4-14-8-7-11-26(12-14)20-19(28)17-18(21(29)25(3)22(30)24(17)2)27(20)13-15-9-5-6-10-16(15)23/h5-6,9-10,14,28H,4,7-8,11-13H2,1-3H3/t14-/m1/s1. The van der Waals surface area contributed by atoms with Crippen LogP contribution in [0.1, 0.15) is 31.7 Å². The van der Waals surface area contributed by atoms with E-state index in [2.05, 4.69) is 11.8 Å². The second-order valence-corrected chi connectivity index (χ2v) is 8.52. The lowest BCUT2D eigenvalue weighted by Gasteiger charge is -2.34. The largest absolute Gasteiger partial charge is 0.503 e. The van der Waals surface area contributed by atoms with Crippen LogP contribution in [-0.4, -0.2) is 31.9 Å². The summed E-state index contributed by atoms with van der Waals surface area (Å²) >= 11 is 6.42. The van der Waals surface area contributed by atoms with Crippen LogP contribution in [0, 0.1) is 5.92 Å². The first-order valence-electron chi connectivity index (χ1n) is 10.3. The third-order valence-corrected chi connectivity index (χ3v) is 6.65. The Morgan fingerprint density at radius 2 is 1.87 bits per heavy atom. The maximum atomic E-state index is 13.1. The van der Waals surface area contributed by atoms with Gasteiger partial charge in [0.25, 0.3) is 5.56 Å². The third-order valence-electron chi connectivity index (χ3n) is 6.28. The Morgan fingerprint density at radius 1 is 1.13 bits per heavy atom. The van der Waals surface area contributed by atoms with Crippen LogP contribution >= 0.6 is 11.6 Å². The zero-order chi connectivity index (χ0) is 21.6. The first-order valence-corrected chi connectivity index (χ1v) is 10.7. The van der Waals surface area contributed by atoms with Gasteiger partial charge in [0.1, 0.15) is 11.0 Å². The van der Waals surface area contributed by atoms with E-state index in [9.17, 15) is 14.7 Å². The zero-order valence-corrected chi connectivity index (χ0v) is 18.3. The normalized spacial score (nSPS) is 17.1. The molecule has 30 heavy (non-hydrogen) atoms. The Labute approximate surface area is 179 Å². The molecular formula is C22H27ClN4O3. The number of benzene rings is 1. The average Bonchev–Trinajstić information content (AvgIpc) is 3.04. The third kappa shape index (κ3) is 3.21. The van der Waals surface area contributed by atoms with E-state index in [1.54, 1.807) is 7.05 Å². The van der Waals surface area contributed by atoms with Gasteiger partial charge in [0.15, 0.2) is 11.6 Å². The van der Waals surface area contributed by atoms with Gasteiger partial charge in [-0.1, -0.05) is 43.1 Å². The van der Waals surface area contributed by atoms with Crippen molar-refractivity contribution < 1.29 is 5.11 Å². The molecule has 1 aliphatic heterocycles. The van der Waals surface area contributed by atoms with Crippen molar-refractivity contribution in [2.45, 2.75) is 32.7 Å². The zero-order valence-electron chi connectivity index (χ0n) is 17.6. The molecule has 0 amide bonds. The molecule has 0 spiro atoms. The maximum Gasteiger partial charge on any atom is 0.331 e. The molecule has 0 saturated carbocycles. The molecule has 3 aromatic rings. The van der Waals surface area contributed by atoms with Gasteiger partial charge in [0, 0.05) is 32.2 Å². The van der Waals surface area contributed by atoms with E-state index in [1.807, 2.05) is 28.8 Å². The summed E-state index contributed by atoms with van der Waals surface area (Å²) in [5.74, 6) is 1.09. The van der Waals surface area contributed by atoms with Crippen molar-refractivity contribution in [1.29, 1.82) is 0 Å². The van der Waals surface area contributed by atoms with Crippen molar-refractivity contribution >= 4 is 28.5 Å². The number of aromatic nitrogens is 3. The predicted molar refractivity (Wildman–Crippen MR) is 120 cm³/mol. The van der Waals surface area contributed by atoms with Crippen LogP contribution in [-0.2, 0) is 20.6 Å². The number of halogens is 1. The fraction of sp³-hybridized carbons (Fsp3) is 0.455. The highest BCUT2D eigenvalue weighted by atomic mass is 35.5. The van der Waals surface area contributed by atoms with E-state index in [-0.39, 0.29) is 11.3 Å². The summed E-state index contributed by atoms with van der Waals surface area (Å²) < 4.78 is 4.26. The van der Waals surface area contributed by atoms with Gasteiger partial charge < -0.3 is 14.6 Å². The Balaban J connectivity index is 2.02. The van der Waals surface area contributed by atoms with Gasteiger partial charge in [-0.05, 0) is 30.4 Å². The Morgan fingerprint density at radius 3 is 2.57 bits per heavy atom. The van der Waals surface area contributed by atoms with Gasteiger partial charge in [-0.15, -0.1) is 0 Å². The number of aryl methyl sites for hydroxylation is 1. The van der Waals surface area contributed by atoms with Gasteiger partial charge in [-0.3, -0.25) is 13.9 Å². The molecular weight excluding hydrogens is 404 g/mol. The number of hydrogen-bond acceptors (Lipinski definition) is 4. The van der Waals surface area contributed by atoms with E-state index in [0.29, 0.717) is 28.8 Å². The van der Waals surface area contributed by atoms with E-state index >= 15 is 0 Å². The van der Waals surface area contributed by atoms with Gasteiger partial charge in [0.05, 0.1) is 6.54 Å². The summed E-state index contributed by atoms with van der Waals surface area (Å²) in [5.41, 5.74) is 0.534. The summed E-state index contributed by atoms with van der Waals surface area (Å²) in [6.45, 7) is 4.09. The van der Waals surface area contributed by atoms with Crippen molar-refractivity contribution in [3.63, 3.8) is 0 Å². The van der Waals surface area contributed by atoms with Crippen molar-refractivity contribution in [2.24, 2.45) is 20.0 Å². The Hall–Kier alpha value is -2.67. The van der Waals surface area contributed by atoms with Gasteiger partial charge in [-0.2, -0.15) is 0 Å². The number of nitrogens with zero attached hydrogens (tertiary/aromatic N) is 4. The van der Waals surface area contributed by atoms with Crippen LogP contribution in [0.3, 0.4) is 0 Å². The molecule has 0 bridgehead atoms. The van der Waals surface area contributed by atoms with Crippen LogP contribution < -0.4 is 16.1 Å². The molecule has 3 heterocycles. The molecule has 4 rings (SSSR count). The second-order valence-electron chi connectivity index (χ2n) is 8.12. The van der Waals surface area contributed by atoms with Crippen LogP contribution in [0.25, 0.3) is 11.0 Å². The summed E-state index contributed by atoms with van der Waals surface area (Å²) in [5, 5.41) is 11.8. The fourth-order valence-electron chi connectivity index (χ4n) is 4.54. The molecule has 0 aliphatic carbocycles. The molecule has 1 aliphatic rings.